The number of amides is 1. The molecule has 0 fully saturated rings. The van der Waals surface area contributed by atoms with Crippen LogP contribution < -0.4 is 5.32 Å². The molecule has 21 heavy (non-hydrogen) atoms. The van der Waals surface area contributed by atoms with Crippen molar-refractivity contribution in [2.24, 2.45) is 0 Å². The number of nitrogens with one attached hydrogen (secondary N) is 1. The van der Waals surface area contributed by atoms with Crippen LogP contribution >= 0.6 is 0 Å². The Kier molecular flexibility index (Phi) is 3.70. The lowest BCUT2D eigenvalue weighted by Gasteiger charge is -2.05. The highest BCUT2D eigenvalue weighted by Gasteiger charge is 2.20. The van der Waals surface area contributed by atoms with Crippen LogP contribution in [0.3, 0.4) is 0 Å². The van der Waals surface area contributed by atoms with Crippen LogP contribution in [0.5, 0.6) is 0 Å². The average molecular weight is 290 g/mol. The van der Waals surface area contributed by atoms with Gasteiger partial charge in [-0.25, -0.2) is 4.79 Å². The van der Waals surface area contributed by atoms with E-state index < -0.39 is 22.5 Å². The zero-order valence-electron chi connectivity index (χ0n) is 10.8. The molecule has 1 aromatic carbocycles. The molecule has 2 rings (SSSR count). The number of nitrogens with zero attached hydrogens (tertiary/aromatic N) is 1. The molecular weight excluding hydrogens is 280 g/mol. The van der Waals surface area contributed by atoms with Crippen LogP contribution in [-0.4, -0.2) is 21.9 Å². The highest BCUT2D eigenvalue weighted by molar-refractivity contribution is 6.04. The van der Waals surface area contributed by atoms with Crippen LogP contribution in [0.15, 0.2) is 34.7 Å². The lowest BCUT2D eigenvalue weighted by molar-refractivity contribution is -0.383. The second kappa shape index (κ2) is 5.45. The molecule has 0 radical (unpaired) electrons. The maximum atomic E-state index is 11.9. The van der Waals surface area contributed by atoms with Crippen LogP contribution in [0.25, 0.3) is 0 Å². The number of furan rings is 1. The molecule has 0 spiro atoms. The van der Waals surface area contributed by atoms with Crippen molar-refractivity contribution in [1.82, 2.24) is 0 Å². The first kappa shape index (κ1) is 14.3. The van der Waals surface area contributed by atoms with Crippen molar-refractivity contribution in [2.45, 2.75) is 6.92 Å². The van der Waals surface area contributed by atoms with Crippen molar-refractivity contribution in [3.05, 3.63) is 57.5 Å². The Morgan fingerprint density at radius 2 is 2.00 bits per heavy atom. The highest BCUT2D eigenvalue weighted by Crippen LogP contribution is 2.26. The van der Waals surface area contributed by atoms with Gasteiger partial charge in [-0.2, -0.15) is 0 Å². The summed E-state index contributed by atoms with van der Waals surface area (Å²) in [5, 5.41) is 22.1. The Hall–Kier alpha value is -3.16. The van der Waals surface area contributed by atoms with Crippen molar-refractivity contribution in [2.75, 3.05) is 5.32 Å². The van der Waals surface area contributed by atoms with Gasteiger partial charge in [0.25, 0.3) is 11.6 Å². The van der Waals surface area contributed by atoms with Gasteiger partial charge in [0.2, 0.25) is 0 Å². The van der Waals surface area contributed by atoms with Gasteiger partial charge in [-0.1, -0.05) is 0 Å². The molecule has 1 heterocycles. The summed E-state index contributed by atoms with van der Waals surface area (Å²) < 4.78 is 5.10. The molecule has 2 N–H and O–H groups in total. The molecule has 2 aromatic rings. The monoisotopic (exact) mass is 290 g/mol. The summed E-state index contributed by atoms with van der Waals surface area (Å²) >= 11 is 0. The van der Waals surface area contributed by atoms with Gasteiger partial charge in [-0.3, -0.25) is 14.9 Å². The molecule has 108 valence electrons. The quantitative estimate of drug-likeness (QED) is 0.658. The minimum absolute atomic E-state index is 0.00380. The van der Waals surface area contributed by atoms with Crippen LogP contribution in [0.2, 0.25) is 0 Å². The first-order chi connectivity index (χ1) is 9.88. The minimum Gasteiger partial charge on any atom is -0.478 e. The van der Waals surface area contributed by atoms with Gasteiger partial charge in [-0.05, 0) is 31.2 Å². The van der Waals surface area contributed by atoms with Crippen molar-refractivity contribution < 1.29 is 24.0 Å². The molecule has 0 aliphatic carbocycles. The van der Waals surface area contributed by atoms with Crippen molar-refractivity contribution in [3.8, 4) is 0 Å². The van der Waals surface area contributed by atoms with Crippen molar-refractivity contribution in [1.29, 1.82) is 0 Å². The molecule has 0 saturated carbocycles. The number of hydrogen-bond donors (Lipinski definition) is 2. The number of benzene rings is 1. The van der Waals surface area contributed by atoms with Crippen molar-refractivity contribution >= 4 is 23.3 Å². The number of carbonyl (C=O) groups excluding carboxylic acids is 1. The smallest absolute Gasteiger partial charge is 0.335 e. The van der Waals surface area contributed by atoms with E-state index >= 15 is 0 Å². The van der Waals surface area contributed by atoms with Crippen LogP contribution in [0.1, 0.15) is 26.7 Å². The first-order valence-corrected chi connectivity index (χ1v) is 5.78. The number of nitro groups is 1. The third kappa shape index (κ3) is 3.06. The fraction of sp³-hybridized carbons (Fsp3) is 0.0769. The maximum absolute atomic E-state index is 11.9. The molecule has 0 aliphatic rings. The first-order valence-electron chi connectivity index (χ1n) is 5.78. The molecule has 8 nitrogen and oxygen atoms in total. The third-order valence-electron chi connectivity index (χ3n) is 2.65. The second-order valence-corrected chi connectivity index (χ2v) is 4.16. The molecule has 1 aromatic heterocycles. The third-order valence-corrected chi connectivity index (χ3v) is 2.65. The molecular formula is C13H10N2O6. The number of aryl methyl sites for hydroxylation is 1. The highest BCUT2D eigenvalue weighted by atomic mass is 16.6. The molecule has 0 unspecified atom stereocenters. The summed E-state index contributed by atoms with van der Waals surface area (Å²) in [5.41, 5.74) is -0.857. The van der Waals surface area contributed by atoms with E-state index in [9.17, 15) is 19.7 Å². The summed E-state index contributed by atoms with van der Waals surface area (Å²) in [7, 11) is 0. The SMILES string of the molecule is Cc1ccc(C(=O)Nc2ccc(C(=O)O)cc2[N+](=O)[O-])o1. The number of anilines is 1. The molecule has 1 amide bonds. The Morgan fingerprint density at radius 3 is 2.52 bits per heavy atom. The molecule has 0 atom stereocenters. The predicted molar refractivity (Wildman–Crippen MR) is 71.5 cm³/mol. The van der Waals surface area contributed by atoms with E-state index in [2.05, 4.69) is 5.32 Å². The molecule has 0 saturated heterocycles. The Morgan fingerprint density at radius 1 is 1.29 bits per heavy atom. The summed E-state index contributed by atoms with van der Waals surface area (Å²) in [6, 6.07) is 6.22. The van der Waals surface area contributed by atoms with E-state index in [0.29, 0.717) is 5.76 Å². The Bertz CT molecular complexity index is 734. The summed E-state index contributed by atoms with van der Waals surface area (Å²) in [6.45, 7) is 1.65. The maximum Gasteiger partial charge on any atom is 0.335 e. The largest absolute Gasteiger partial charge is 0.478 e. The van der Waals surface area contributed by atoms with E-state index in [1.807, 2.05) is 0 Å². The lowest BCUT2D eigenvalue weighted by atomic mass is 10.1. The number of carboxylic acids is 1. The molecule has 0 aliphatic heterocycles. The van der Waals surface area contributed by atoms with Crippen molar-refractivity contribution in [3.63, 3.8) is 0 Å². The Balaban J connectivity index is 2.33. The Labute approximate surface area is 118 Å². The van der Waals surface area contributed by atoms with Gasteiger partial charge < -0.3 is 14.8 Å². The predicted octanol–water partition coefficient (Wildman–Crippen LogP) is 2.45. The number of hydrogen-bond acceptors (Lipinski definition) is 5. The average Bonchev–Trinajstić information content (AvgIpc) is 2.85. The number of rotatable bonds is 4. The summed E-state index contributed by atoms with van der Waals surface area (Å²) in [5.74, 6) is -1.42. The van der Waals surface area contributed by atoms with Gasteiger partial charge in [0.05, 0.1) is 10.5 Å². The topological polar surface area (TPSA) is 123 Å². The van der Waals surface area contributed by atoms with Crippen LogP contribution in [-0.2, 0) is 0 Å². The van der Waals surface area contributed by atoms with E-state index in [1.165, 1.54) is 12.1 Å². The van der Waals surface area contributed by atoms with Crippen LogP contribution in [0.4, 0.5) is 11.4 Å². The zero-order chi connectivity index (χ0) is 15.6. The van der Waals surface area contributed by atoms with E-state index in [-0.39, 0.29) is 17.0 Å². The van der Waals surface area contributed by atoms with Gasteiger partial charge in [-0.15, -0.1) is 0 Å². The standard InChI is InChI=1S/C13H10N2O6/c1-7-2-5-11(21-7)12(16)14-9-4-3-8(13(17)18)6-10(9)15(19)20/h2-6H,1H3,(H,14,16)(H,17,18). The summed E-state index contributed by atoms with van der Waals surface area (Å²) in [4.78, 5) is 32.9. The summed E-state index contributed by atoms with van der Waals surface area (Å²) in [6.07, 6.45) is 0. The second-order valence-electron chi connectivity index (χ2n) is 4.16. The number of nitro benzene ring substituents is 1. The lowest BCUT2D eigenvalue weighted by Crippen LogP contribution is -2.12. The van der Waals surface area contributed by atoms with Crippen LogP contribution in [0, 0.1) is 17.0 Å². The van der Waals surface area contributed by atoms with E-state index in [1.54, 1.807) is 13.0 Å². The van der Waals surface area contributed by atoms with E-state index in [0.717, 1.165) is 12.1 Å². The molecule has 0 bridgehead atoms. The zero-order valence-corrected chi connectivity index (χ0v) is 10.8. The van der Waals surface area contributed by atoms with E-state index in [4.69, 9.17) is 9.52 Å². The minimum atomic E-state index is -1.29. The molecule has 8 heteroatoms. The normalized spacial score (nSPS) is 10.1. The van der Waals surface area contributed by atoms with Gasteiger partial charge >= 0.3 is 5.97 Å². The fourth-order valence-electron chi connectivity index (χ4n) is 1.66. The van der Waals surface area contributed by atoms with Gasteiger partial charge in [0.1, 0.15) is 11.4 Å². The van der Waals surface area contributed by atoms with Gasteiger partial charge in [0.15, 0.2) is 5.76 Å². The number of aromatic carboxylic acids is 1. The van der Waals surface area contributed by atoms with Gasteiger partial charge in [0, 0.05) is 6.07 Å². The number of carboxylic acid groups (broad SMARTS) is 1. The number of carbonyl (C=O) groups is 2. The fourth-order valence-corrected chi connectivity index (χ4v) is 1.66.